The van der Waals surface area contributed by atoms with Crippen LogP contribution < -0.4 is 5.14 Å². The minimum Gasteiger partial charge on any atom is -0.306 e. The van der Waals surface area contributed by atoms with Crippen molar-refractivity contribution in [2.75, 3.05) is 25.9 Å². The third-order valence-corrected chi connectivity index (χ3v) is 3.24. The number of likely N-dealkylation sites (tertiary alicyclic amines) is 1. The fourth-order valence-corrected chi connectivity index (χ4v) is 2.55. The smallest absolute Gasteiger partial charge is 0.209 e. The zero-order valence-corrected chi connectivity index (χ0v) is 8.18. The zero-order valence-electron chi connectivity index (χ0n) is 7.36. The number of piperidine rings is 1. The molecule has 0 radical (unpaired) electrons. The minimum absolute atomic E-state index is 0.154. The Labute approximate surface area is 73.8 Å². The molecule has 0 aromatic rings. The molecule has 0 atom stereocenters. The molecule has 0 spiro atoms. The Morgan fingerprint density at radius 3 is 2.33 bits per heavy atom. The lowest BCUT2D eigenvalue weighted by Crippen LogP contribution is -2.34. The second-order valence-corrected chi connectivity index (χ2v) is 5.24. The van der Waals surface area contributed by atoms with Gasteiger partial charge in [0.25, 0.3) is 0 Å². The van der Waals surface area contributed by atoms with Gasteiger partial charge in [0.15, 0.2) is 0 Å². The summed E-state index contributed by atoms with van der Waals surface area (Å²) in [6.07, 6.45) is 1.90. The van der Waals surface area contributed by atoms with Crippen LogP contribution in [0.25, 0.3) is 0 Å². The molecule has 1 heterocycles. The molecule has 0 saturated carbocycles. The average molecular weight is 192 g/mol. The third kappa shape index (κ3) is 3.51. The van der Waals surface area contributed by atoms with Gasteiger partial charge >= 0.3 is 0 Å². The van der Waals surface area contributed by atoms with Gasteiger partial charge in [-0.3, -0.25) is 0 Å². The van der Waals surface area contributed by atoms with Crippen LogP contribution in [0, 0.1) is 5.92 Å². The highest BCUT2D eigenvalue weighted by Crippen LogP contribution is 2.16. The molecule has 5 heteroatoms. The lowest BCUT2D eigenvalue weighted by Gasteiger charge is -2.28. The first-order valence-corrected chi connectivity index (χ1v) is 5.88. The Morgan fingerprint density at radius 2 is 1.92 bits per heavy atom. The molecule has 0 aromatic carbocycles. The number of hydrogen-bond acceptors (Lipinski definition) is 3. The van der Waals surface area contributed by atoms with Gasteiger partial charge in [0.2, 0.25) is 10.0 Å². The summed E-state index contributed by atoms with van der Waals surface area (Å²) < 4.78 is 21.5. The highest BCUT2D eigenvalue weighted by atomic mass is 32.2. The maximum absolute atomic E-state index is 10.7. The van der Waals surface area contributed by atoms with Crippen LogP contribution in [0.1, 0.15) is 12.8 Å². The van der Waals surface area contributed by atoms with Crippen molar-refractivity contribution in [2.45, 2.75) is 12.8 Å². The summed E-state index contributed by atoms with van der Waals surface area (Å²) in [7, 11) is -1.21. The van der Waals surface area contributed by atoms with Gasteiger partial charge in [0.1, 0.15) is 0 Å². The second-order valence-electron chi connectivity index (χ2n) is 3.58. The molecule has 1 aliphatic rings. The summed E-state index contributed by atoms with van der Waals surface area (Å²) in [5.74, 6) is 0.428. The van der Waals surface area contributed by atoms with Crippen molar-refractivity contribution in [3.05, 3.63) is 0 Å². The first-order chi connectivity index (χ1) is 5.47. The second kappa shape index (κ2) is 3.72. The van der Waals surface area contributed by atoms with E-state index in [2.05, 4.69) is 4.90 Å². The first kappa shape index (κ1) is 9.95. The van der Waals surface area contributed by atoms with E-state index < -0.39 is 10.0 Å². The Bertz CT molecular complexity index is 230. The molecular formula is C7H16N2O2S. The molecule has 1 rings (SSSR count). The SMILES string of the molecule is CN1CCC(CS(N)(=O)=O)CC1. The molecule has 1 fully saturated rings. The molecule has 0 amide bonds. The van der Waals surface area contributed by atoms with Crippen molar-refractivity contribution in [3.8, 4) is 0 Å². The number of sulfonamides is 1. The highest BCUT2D eigenvalue weighted by Gasteiger charge is 2.20. The van der Waals surface area contributed by atoms with Crippen molar-refractivity contribution in [1.29, 1.82) is 0 Å². The predicted molar refractivity (Wildman–Crippen MR) is 48.2 cm³/mol. The molecule has 0 aromatic heterocycles. The van der Waals surface area contributed by atoms with E-state index in [0.29, 0.717) is 0 Å². The summed E-state index contributed by atoms with van der Waals surface area (Å²) in [6.45, 7) is 1.97. The molecule has 0 bridgehead atoms. The lowest BCUT2D eigenvalue weighted by molar-refractivity contribution is 0.231. The maximum atomic E-state index is 10.7. The minimum atomic E-state index is -3.26. The van der Waals surface area contributed by atoms with Crippen LogP contribution in [0.5, 0.6) is 0 Å². The van der Waals surface area contributed by atoms with Gasteiger partial charge in [0.05, 0.1) is 5.75 Å². The molecule has 12 heavy (non-hydrogen) atoms. The van der Waals surface area contributed by atoms with E-state index in [1.54, 1.807) is 0 Å². The first-order valence-electron chi connectivity index (χ1n) is 4.16. The van der Waals surface area contributed by atoms with Crippen LogP contribution in [-0.2, 0) is 10.0 Å². The van der Waals surface area contributed by atoms with E-state index in [4.69, 9.17) is 5.14 Å². The van der Waals surface area contributed by atoms with E-state index >= 15 is 0 Å². The summed E-state index contributed by atoms with van der Waals surface area (Å²) in [5, 5.41) is 4.96. The molecule has 4 nitrogen and oxygen atoms in total. The number of nitrogens with two attached hydrogens (primary N) is 1. The van der Waals surface area contributed by atoms with Crippen LogP contribution in [0.3, 0.4) is 0 Å². The lowest BCUT2D eigenvalue weighted by atomic mass is 10.00. The van der Waals surface area contributed by atoms with Crippen LogP contribution >= 0.6 is 0 Å². The standard InChI is InChI=1S/C7H16N2O2S/c1-9-4-2-7(3-5-9)6-12(8,10)11/h7H,2-6H2,1H3,(H2,8,10,11). The van der Waals surface area contributed by atoms with Gasteiger partial charge in [0, 0.05) is 0 Å². The topological polar surface area (TPSA) is 63.4 Å². The maximum Gasteiger partial charge on any atom is 0.209 e. The summed E-state index contributed by atoms with van der Waals surface area (Å²) >= 11 is 0. The molecule has 72 valence electrons. The van der Waals surface area contributed by atoms with Gasteiger partial charge in [-0.05, 0) is 38.9 Å². The van der Waals surface area contributed by atoms with Gasteiger partial charge in [-0.2, -0.15) is 0 Å². The predicted octanol–water partition coefficient (Wildman–Crippen LogP) is -0.383. The Morgan fingerprint density at radius 1 is 1.42 bits per heavy atom. The Balaban J connectivity index is 2.36. The van der Waals surface area contributed by atoms with Crippen LogP contribution in [0.15, 0.2) is 0 Å². The number of hydrogen-bond donors (Lipinski definition) is 1. The van der Waals surface area contributed by atoms with Crippen LogP contribution in [0.4, 0.5) is 0 Å². The van der Waals surface area contributed by atoms with Gasteiger partial charge in [-0.1, -0.05) is 0 Å². The Kier molecular flexibility index (Phi) is 3.09. The zero-order chi connectivity index (χ0) is 9.19. The molecule has 1 saturated heterocycles. The van der Waals surface area contributed by atoms with E-state index in [1.807, 2.05) is 7.05 Å². The van der Waals surface area contributed by atoms with Crippen LogP contribution in [-0.4, -0.2) is 39.2 Å². The van der Waals surface area contributed by atoms with E-state index in [9.17, 15) is 8.42 Å². The normalized spacial score (nSPS) is 22.8. The van der Waals surface area contributed by atoms with Crippen LogP contribution in [0.2, 0.25) is 0 Å². The third-order valence-electron chi connectivity index (χ3n) is 2.31. The van der Waals surface area contributed by atoms with Crippen molar-refractivity contribution in [3.63, 3.8) is 0 Å². The Hall–Kier alpha value is -0.130. The molecule has 1 aliphatic heterocycles. The number of rotatable bonds is 2. The fraction of sp³-hybridized carbons (Fsp3) is 1.00. The average Bonchev–Trinajstić information content (AvgIpc) is 1.91. The van der Waals surface area contributed by atoms with E-state index in [0.717, 1.165) is 25.9 Å². The summed E-state index contributed by atoms with van der Waals surface area (Å²) in [4.78, 5) is 2.21. The highest BCUT2D eigenvalue weighted by molar-refractivity contribution is 7.89. The molecular weight excluding hydrogens is 176 g/mol. The monoisotopic (exact) mass is 192 g/mol. The van der Waals surface area contributed by atoms with Gasteiger partial charge < -0.3 is 4.90 Å². The fourth-order valence-electron chi connectivity index (χ4n) is 1.56. The van der Waals surface area contributed by atoms with E-state index in [1.165, 1.54) is 0 Å². The quantitative estimate of drug-likeness (QED) is 0.648. The van der Waals surface area contributed by atoms with Crippen molar-refractivity contribution >= 4 is 10.0 Å². The van der Waals surface area contributed by atoms with Crippen molar-refractivity contribution in [1.82, 2.24) is 4.90 Å². The number of primary sulfonamides is 1. The molecule has 0 unspecified atom stereocenters. The van der Waals surface area contributed by atoms with Crippen molar-refractivity contribution in [2.24, 2.45) is 11.1 Å². The van der Waals surface area contributed by atoms with Crippen molar-refractivity contribution < 1.29 is 8.42 Å². The number of nitrogens with zero attached hydrogens (tertiary/aromatic N) is 1. The largest absolute Gasteiger partial charge is 0.306 e. The molecule has 0 aliphatic carbocycles. The van der Waals surface area contributed by atoms with E-state index in [-0.39, 0.29) is 11.7 Å². The summed E-state index contributed by atoms with van der Waals surface area (Å²) in [6, 6.07) is 0. The summed E-state index contributed by atoms with van der Waals surface area (Å²) in [5.41, 5.74) is 0. The van der Waals surface area contributed by atoms with Gasteiger partial charge in [-0.25, -0.2) is 13.6 Å². The molecule has 2 N–H and O–H groups in total. The van der Waals surface area contributed by atoms with Gasteiger partial charge in [-0.15, -0.1) is 0 Å².